The highest BCUT2D eigenvalue weighted by Crippen LogP contribution is 2.11. The second kappa shape index (κ2) is 7.19. The van der Waals surface area contributed by atoms with Crippen molar-refractivity contribution >= 4 is 21.9 Å². The summed E-state index contributed by atoms with van der Waals surface area (Å²) in [7, 11) is 1.38. The molecule has 2 atom stereocenters. The molecule has 1 rings (SSSR count). The zero-order valence-electron chi connectivity index (χ0n) is 9.00. The lowest BCUT2D eigenvalue weighted by molar-refractivity contribution is -0.141. The molecule has 1 heterocycles. The molecule has 0 aromatic rings. The van der Waals surface area contributed by atoms with Gasteiger partial charge in [-0.2, -0.15) is 0 Å². The maximum absolute atomic E-state index is 11.0. The summed E-state index contributed by atoms with van der Waals surface area (Å²) >= 11 is 3.21. The maximum atomic E-state index is 11.0. The monoisotopic (exact) mass is 279 g/mol. The number of nitrogens with one attached hydrogen (secondary N) is 1. The lowest BCUT2D eigenvalue weighted by Gasteiger charge is -2.22. The lowest BCUT2D eigenvalue weighted by Crippen LogP contribution is -2.33. The highest BCUT2D eigenvalue weighted by molar-refractivity contribution is 9.10. The van der Waals surface area contributed by atoms with Crippen LogP contribution in [-0.2, 0) is 14.3 Å². The molecule has 1 fully saturated rings. The summed E-state index contributed by atoms with van der Waals surface area (Å²) < 4.78 is 10.0. The number of hydrogen-bond acceptors (Lipinski definition) is 4. The fraction of sp³-hybridized carbons (Fsp3) is 0.900. The number of rotatable bonds is 5. The summed E-state index contributed by atoms with van der Waals surface area (Å²) in [6, 6.07) is 0. The van der Waals surface area contributed by atoms with E-state index in [-0.39, 0.29) is 10.8 Å². The third-order valence-electron chi connectivity index (χ3n) is 2.47. The van der Waals surface area contributed by atoms with E-state index < -0.39 is 0 Å². The number of ether oxygens (including phenoxy) is 2. The van der Waals surface area contributed by atoms with Crippen molar-refractivity contribution in [3.63, 3.8) is 0 Å². The van der Waals surface area contributed by atoms with Crippen molar-refractivity contribution in [1.82, 2.24) is 5.32 Å². The second-order valence-corrected chi connectivity index (χ2v) is 4.85. The van der Waals surface area contributed by atoms with E-state index in [1.54, 1.807) is 0 Å². The average Bonchev–Trinajstić information content (AvgIpc) is 2.29. The minimum Gasteiger partial charge on any atom is -0.468 e. The van der Waals surface area contributed by atoms with E-state index in [9.17, 15) is 4.79 Å². The molecule has 0 aromatic heterocycles. The Labute approximate surface area is 98.8 Å². The summed E-state index contributed by atoms with van der Waals surface area (Å²) in [4.78, 5) is 10.7. The topological polar surface area (TPSA) is 47.6 Å². The van der Waals surface area contributed by atoms with Crippen LogP contribution in [0.4, 0.5) is 0 Å². The van der Waals surface area contributed by atoms with E-state index >= 15 is 0 Å². The van der Waals surface area contributed by atoms with E-state index in [0.717, 1.165) is 13.1 Å². The van der Waals surface area contributed by atoms with Gasteiger partial charge in [-0.1, -0.05) is 15.9 Å². The Balaban J connectivity index is 2.07. The molecule has 0 aliphatic carbocycles. The Hall–Kier alpha value is -0.130. The number of piperidine rings is 1. The Kier molecular flexibility index (Phi) is 6.20. The van der Waals surface area contributed by atoms with Gasteiger partial charge < -0.3 is 14.8 Å². The number of esters is 1. The Morgan fingerprint density at radius 3 is 3.07 bits per heavy atom. The first-order valence-electron chi connectivity index (χ1n) is 5.24. The van der Waals surface area contributed by atoms with Crippen LogP contribution in [0.1, 0.15) is 12.8 Å². The minimum absolute atomic E-state index is 0.281. The normalized spacial score (nSPS) is 23.5. The number of hydrogen-bond donors (Lipinski definition) is 1. The molecular formula is C10H18BrNO3. The van der Waals surface area contributed by atoms with Gasteiger partial charge in [0.05, 0.1) is 20.3 Å². The van der Waals surface area contributed by atoms with E-state index in [1.165, 1.54) is 20.0 Å². The summed E-state index contributed by atoms with van der Waals surface area (Å²) in [5.41, 5.74) is 0. The van der Waals surface area contributed by atoms with Crippen molar-refractivity contribution in [2.75, 3.05) is 33.4 Å². The van der Waals surface area contributed by atoms with Gasteiger partial charge in [0.1, 0.15) is 4.83 Å². The van der Waals surface area contributed by atoms with E-state index in [4.69, 9.17) is 4.74 Å². The minimum atomic E-state index is -0.348. The van der Waals surface area contributed by atoms with Crippen LogP contribution in [0.25, 0.3) is 0 Å². The summed E-state index contributed by atoms with van der Waals surface area (Å²) in [5.74, 6) is 0.299. The molecule has 4 nitrogen and oxygen atoms in total. The van der Waals surface area contributed by atoms with Crippen LogP contribution in [-0.4, -0.2) is 44.2 Å². The van der Waals surface area contributed by atoms with Gasteiger partial charge in [0.2, 0.25) is 0 Å². The lowest BCUT2D eigenvalue weighted by atomic mass is 10.0. The molecule has 1 N–H and O–H groups in total. The SMILES string of the molecule is COC(=O)C(Br)COCC1CCCNC1. The van der Waals surface area contributed by atoms with Crippen LogP contribution >= 0.6 is 15.9 Å². The van der Waals surface area contributed by atoms with Gasteiger partial charge in [-0.3, -0.25) is 4.79 Å². The van der Waals surface area contributed by atoms with Gasteiger partial charge in [0.15, 0.2) is 0 Å². The van der Waals surface area contributed by atoms with Crippen LogP contribution in [0, 0.1) is 5.92 Å². The fourth-order valence-electron chi connectivity index (χ4n) is 1.60. The zero-order valence-corrected chi connectivity index (χ0v) is 10.6. The maximum Gasteiger partial charge on any atom is 0.321 e. The second-order valence-electron chi connectivity index (χ2n) is 3.74. The molecule has 1 aliphatic heterocycles. The van der Waals surface area contributed by atoms with Crippen molar-refractivity contribution in [2.45, 2.75) is 17.7 Å². The first kappa shape index (κ1) is 12.9. The zero-order chi connectivity index (χ0) is 11.1. The number of methoxy groups -OCH3 is 1. The first-order valence-corrected chi connectivity index (χ1v) is 6.16. The Bertz CT molecular complexity index is 195. The van der Waals surface area contributed by atoms with Crippen LogP contribution < -0.4 is 5.32 Å². The van der Waals surface area contributed by atoms with Gasteiger partial charge in [-0.15, -0.1) is 0 Å². The van der Waals surface area contributed by atoms with Crippen LogP contribution in [0.15, 0.2) is 0 Å². The molecule has 1 aliphatic rings. The summed E-state index contributed by atoms with van der Waals surface area (Å²) in [5, 5.41) is 3.32. The van der Waals surface area contributed by atoms with Gasteiger partial charge in [0, 0.05) is 6.54 Å². The van der Waals surface area contributed by atoms with Gasteiger partial charge in [-0.05, 0) is 25.3 Å². The van der Waals surface area contributed by atoms with Crippen molar-refractivity contribution < 1.29 is 14.3 Å². The molecule has 0 aromatic carbocycles. The van der Waals surface area contributed by atoms with Gasteiger partial charge >= 0.3 is 5.97 Å². The standard InChI is InChI=1S/C10H18BrNO3/c1-14-10(13)9(11)7-15-6-8-3-2-4-12-5-8/h8-9,12H,2-7H2,1H3. The molecule has 0 spiro atoms. The smallest absolute Gasteiger partial charge is 0.321 e. The van der Waals surface area contributed by atoms with Crippen molar-refractivity contribution in [3.8, 4) is 0 Å². The van der Waals surface area contributed by atoms with Crippen LogP contribution in [0.2, 0.25) is 0 Å². The highest BCUT2D eigenvalue weighted by Gasteiger charge is 2.17. The molecular weight excluding hydrogens is 262 g/mol. The fourth-order valence-corrected chi connectivity index (χ4v) is 1.97. The van der Waals surface area contributed by atoms with Crippen LogP contribution in [0.3, 0.4) is 0 Å². The molecule has 0 bridgehead atoms. The van der Waals surface area contributed by atoms with Gasteiger partial charge in [0.25, 0.3) is 0 Å². The Morgan fingerprint density at radius 2 is 2.47 bits per heavy atom. The third kappa shape index (κ3) is 4.95. The quantitative estimate of drug-likeness (QED) is 0.601. The molecule has 88 valence electrons. The summed E-state index contributed by atoms with van der Waals surface area (Å²) in [6.45, 7) is 3.22. The van der Waals surface area contributed by atoms with Crippen molar-refractivity contribution in [2.24, 2.45) is 5.92 Å². The molecule has 0 amide bonds. The predicted molar refractivity (Wildman–Crippen MR) is 61.1 cm³/mol. The molecule has 0 saturated carbocycles. The van der Waals surface area contributed by atoms with E-state index in [0.29, 0.717) is 19.1 Å². The predicted octanol–water partition coefficient (Wildman–Crippen LogP) is 0.939. The first-order chi connectivity index (χ1) is 7.24. The van der Waals surface area contributed by atoms with Crippen molar-refractivity contribution in [1.29, 1.82) is 0 Å². The highest BCUT2D eigenvalue weighted by atomic mass is 79.9. The Morgan fingerprint density at radius 1 is 1.67 bits per heavy atom. The molecule has 5 heteroatoms. The van der Waals surface area contributed by atoms with Crippen LogP contribution in [0.5, 0.6) is 0 Å². The van der Waals surface area contributed by atoms with E-state index in [1.807, 2.05) is 0 Å². The number of carbonyl (C=O) groups is 1. The molecule has 1 saturated heterocycles. The number of alkyl halides is 1. The molecule has 2 unspecified atom stereocenters. The largest absolute Gasteiger partial charge is 0.468 e. The van der Waals surface area contributed by atoms with Gasteiger partial charge in [-0.25, -0.2) is 0 Å². The third-order valence-corrected chi connectivity index (χ3v) is 3.11. The number of halogens is 1. The van der Waals surface area contributed by atoms with Crippen molar-refractivity contribution in [3.05, 3.63) is 0 Å². The molecule has 0 radical (unpaired) electrons. The average molecular weight is 280 g/mol. The molecule has 15 heavy (non-hydrogen) atoms. The summed E-state index contributed by atoms with van der Waals surface area (Å²) in [6.07, 6.45) is 2.42. The van der Waals surface area contributed by atoms with E-state index in [2.05, 4.69) is 26.0 Å². The number of carbonyl (C=O) groups excluding carboxylic acids is 1.